The van der Waals surface area contributed by atoms with Gasteiger partial charge < -0.3 is 10.6 Å². The van der Waals surface area contributed by atoms with Gasteiger partial charge in [-0.2, -0.15) is 0 Å². The van der Waals surface area contributed by atoms with Gasteiger partial charge in [0.15, 0.2) is 5.11 Å². The van der Waals surface area contributed by atoms with Gasteiger partial charge >= 0.3 is 0 Å². The summed E-state index contributed by atoms with van der Waals surface area (Å²) in [6, 6.07) is 16.1. The average Bonchev–Trinajstić information content (AvgIpc) is 2.35. The standard InChI is InChI=1S/C14H13IN2S/c1-10-7-8-12(9-13(10)15)17-14(18)16-11-5-3-2-4-6-11/h2-9H,1H3,(H2,16,17,18). The zero-order chi connectivity index (χ0) is 13.0. The first kappa shape index (κ1) is 13.3. The minimum Gasteiger partial charge on any atom is -0.332 e. The smallest absolute Gasteiger partial charge is 0.175 e. The lowest BCUT2D eigenvalue weighted by Gasteiger charge is -2.11. The second-order valence-electron chi connectivity index (χ2n) is 3.91. The van der Waals surface area contributed by atoms with E-state index >= 15 is 0 Å². The van der Waals surface area contributed by atoms with E-state index in [0.29, 0.717) is 5.11 Å². The Kier molecular flexibility index (Phi) is 4.54. The van der Waals surface area contributed by atoms with Crippen LogP contribution in [0.25, 0.3) is 0 Å². The molecule has 0 amide bonds. The maximum atomic E-state index is 5.27. The molecule has 0 bridgehead atoms. The van der Waals surface area contributed by atoms with E-state index in [1.165, 1.54) is 9.13 Å². The van der Waals surface area contributed by atoms with Crippen LogP contribution in [0.2, 0.25) is 0 Å². The molecule has 0 aliphatic carbocycles. The quantitative estimate of drug-likeness (QED) is 0.607. The van der Waals surface area contributed by atoms with Crippen LogP contribution in [0.3, 0.4) is 0 Å². The molecule has 0 aliphatic heterocycles. The van der Waals surface area contributed by atoms with Crippen molar-refractivity contribution in [2.75, 3.05) is 10.6 Å². The highest BCUT2D eigenvalue weighted by Gasteiger charge is 2.00. The SMILES string of the molecule is Cc1ccc(NC(=S)Nc2ccccc2)cc1I. The van der Waals surface area contributed by atoms with Crippen molar-refractivity contribution in [1.82, 2.24) is 0 Å². The summed E-state index contributed by atoms with van der Waals surface area (Å²) in [5.41, 5.74) is 3.25. The van der Waals surface area contributed by atoms with Crippen molar-refractivity contribution >= 4 is 51.3 Å². The zero-order valence-corrected chi connectivity index (χ0v) is 12.9. The number of rotatable bonds is 2. The van der Waals surface area contributed by atoms with E-state index in [0.717, 1.165) is 11.4 Å². The van der Waals surface area contributed by atoms with Crippen molar-refractivity contribution in [3.05, 3.63) is 57.7 Å². The molecule has 0 saturated carbocycles. The molecule has 2 aromatic carbocycles. The van der Waals surface area contributed by atoms with E-state index in [9.17, 15) is 0 Å². The molecule has 0 atom stereocenters. The molecule has 0 heterocycles. The van der Waals surface area contributed by atoms with Crippen LogP contribution in [-0.2, 0) is 0 Å². The molecule has 2 nitrogen and oxygen atoms in total. The third-order valence-electron chi connectivity index (χ3n) is 2.46. The van der Waals surface area contributed by atoms with Gasteiger partial charge in [0.1, 0.15) is 0 Å². The average molecular weight is 368 g/mol. The van der Waals surface area contributed by atoms with Gasteiger partial charge in [-0.3, -0.25) is 0 Å². The Labute approximate surface area is 126 Å². The summed E-state index contributed by atoms with van der Waals surface area (Å²) >= 11 is 7.59. The molecule has 2 N–H and O–H groups in total. The van der Waals surface area contributed by atoms with Crippen molar-refractivity contribution in [1.29, 1.82) is 0 Å². The Bertz CT molecular complexity index is 555. The van der Waals surface area contributed by atoms with Crippen LogP contribution in [0.5, 0.6) is 0 Å². The molecular formula is C14H13IN2S. The first-order valence-electron chi connectivity index (χ1n) is 5.54. The van der Waals surface area contributed by atoms with Crippen LogP contribution >= 0.6 is 34.8 Å². The molecule has 2 rings (SSSR count). The van der Waals surface area contributed by atoms with Crippen molar-refractivity contribution in [3.63, 3.8) is 0 Å². The van der Waals surface area contributed by atoms with Gasteiger partial charge in [-0.25, -0.2) is 0 Å². The maximum absolute atomic E-state index is 5.27. The van der Waals surface area contributed by atoms with Crippen molar-refractivity contribution in [3.8, 4) is 0 Å². The first-order valence-corrected chi connectivity index (χ1v) is 7.03. The van der Waals surface area contributed by atoms with E-state index < -0.39 is 0 Å². The molecule has 0 fully saturated rings. The number of nitrogens with one attached hydrogen (secondary N) is 2. The number of halogens is 1. The van der Waals surface area contributed by atoms with Crippen LogP contribution in [0.4, 0.5) is 11.4 Å². The summed E-state index contributed by atoms with van der Waals surface area (Å²) < 4.78 is 1.22. The number of anilines is 2. The van der Waals surface area contributed by atoms with Crippen LogP contribution in [0.1, 0.15) is 5.56 Å². The number of hydrogen-bond donors (Lipinski definition) is 2. The van der Waals surface area contributed by atoms with Gasteiger partial charge in [0.05, 0.1) is 0 Å². The summed E-state index contributed by atoms with van der Waals surface area (Å²) in [4.78, 5) is 0. The fraction of sp³-hybridized carbons (Fsp3) is 0.0714. The van der Waals surface area contributed by atoms with E-state index in [1.807, 2.05) is 36.4 Å². The topological polar surface area (TPSA) is 24.1 Å². The molecule has 0 spiro atoms. The second kappa shape index (κ2) is 6.15. The Morgan fingerprint density at radius 1 is 1.00 bits per heavy atom. The molecule has 2 aromatic rings. The van der Waals surface area contributed by atoms with Crippen molar-refractivity contribution in [2.24, 2.45) is 0 Å². The lowest BCUT2D eigenvalue weighted by atomic mass is 10.2. The fourth-order valence-corrected chi connectivity index (χ4v) is 2.24. The highest BCUT2D eigenvalue weighted by molar-refractivity contribution is 14.1. The van der Waals surface area contributed by atoms with Crippen LogP contribution in [0, 0.1) is 10.5 Å². The van der Waals surface area contributed by atoms with Gasteiger partial charge in [0.2, 0.25) is 0 Å². The fourth-order valence-electron chi connectivity index (χ4n) is 1.49. The van der Waals surface area contributed by atoms with Crippen molar-refractivity contribution in [2.45, 2.75) is 6.92 Å². The normalized spacial score (nSPS) is 9.89. The summed E-state index contributed by atoms with van der Waals surface area (Å²) in [5, 5.41) is 6.91. The number of benzene rings is 2. The second-order valence-corrected chi connectivity index (χ2v) is 5.48. The lowest BCUT2D eigenvalue weighted by Crippen LogP contribution is -2.19. The maximum Gasteiger partial charge on any atom is 0.175 e. The molecule has 0 unspecified atom stereocenters. The number of thiocarbonyl (C=S) groups is 1. The molecule has 18 heavy (non-hydrogen) atoms. The van der Waals surface area contributed by atoms with E-state index in [-0.39, 0.29) is 0 Å². The third kappa shape index (κ3) is 3.68. The number of para-hydroxylation sites is 1. The van der Waals surface area contributed by atoms with Gasteiger partial charge in [-0.15, -0.1) is 0 Å². The Morgan fingerprint density at radius 3 is 2.33 bits per heavy atom. The monoisotopic (exact) mass is 368 g/mol. The van der Waals surface area contributed by atoms with E-state index in [1.54, 1.807) is 0 Å². The summed E-state index contributed by atoms with van der Waals surface area (Å²) in [7, 11) is 0. The van der Waals surface area contributed by atoms with Crippen LogP contribution in [-0.4, -0.2) is 5.11 Å². The van der Waals surface area contributed by atoms with E-state index in [2.05, 4.69) is 52.3 Å². The Hall–Kier alpha value is -1.14. The number of aryl methyl sites for hydroxylation is 1. The van der Waals surface area contributed by atoms with Gasteiger partial charge in [-0.05, 0) is 71.6 Å². The largest absolute Gasteiger partial charge is 0.332 e. The molecule has 0 aromatic heterocycles. The lowest BCUT2D eigenvalue weighted by molar-refractivity contribution is 1.42. The summed E-state index contributed by atoms with van der Waals surface area (Å²) in [5.74, 6) is 0. The Balaban J connectivity index is 2.01. The molecular weight excluding hydrogens is 355 g/mol. The molecule has 0 radical (unpaired) electrons. The highest BCUT2D eigenvalue weighted by atomic mass is 127. The van der Waals surface area contributed by atoms with Gasteiger partial charge in [0, 0.05) is 14.9 Å². The Morgan fingerprint density at radius 2 is 1.67 bits per heavy atom. The van der Waals surface area contributed by atoms with Gasteiger partial charge in [-0.1, -0.05) is 24.3 Å². The molecule has 92 valence electrons. The minimum atomic E-state index is 0.598. The molecule has 4 heteroatoms. The predicted molar refractivity (Wildman–Crippen MR) is 90.2 cm³/mol. The number of hydrogen-bond acceptors (Lipinski definition) is 1. The molecule has 0 saturated heterocycles. The molecule has 0 aliphatic rings. The summed E-state index contributed by atoms with van der Waals surface area (Å²) in [6.07, 6.45) is 0. The van der Waals surface area contributed by atoms with Crippen LogP contribution < -0.4 is 10.6 Å². The van der Waals surface area contributed by atoms with E-state index in [4.69, 9.17) is 12.2 Å². The highest BCUT2D eigenvalue weighted by Crippen LogP contribution is 2.17. The third-order valence-corrected chi connectivity index (χ3v) is 3.83. The van der Waals surface area contributed by atoms with Gasteiger partial charge in [0.25, 0.3) is 0 Å². The zero-order valence-electron chi connectivity index (χ0n) is 9.91. The summed E-state index contributed by atoms with van der Waals surface area (Å²) in [6.45, 7) is 2.09. The van der Waals surface area contributed by atoms with Crippen LogP contribution in [0.15, 0.2) is 48.5 Å². The van der Waals surface area contributed by atoms with Crippen molar-refractivity contribution < 1.29 is 0 Å². The predicted octanol–water partition coefficient (Wildman–Crippen LogP) is 4.41. The first-order chi connectivity index (χ1) is 8.65. The minimum absolute atomic E-state index is 0.598.